The fourth-order valence-corrected chi connectivity index (χ4v) is 6.59. The van der Waals surface area contributed by atoms with Gasteiger partial charge in [-0.3, -0.25) is 15.1 Å². The number of hydrogen-bond donors (Lipinski definition) is 1. The highest BCUT2D eigenvalue weighted by atomic mass is 79.9. The SMILES string of the molecule is O=[N+]([O-])c1ccc(Sc2ccc(N3C(=S)N[C@H](c4ccccn4)[C@@H]3c3cc(Br)cs3)cc2)cc1. The average molecular weight is 570 g/mol. The molecule has 2 aromatic carbocycles. The van der Waals surface area contributed by atoms with E-state index in [4.69, 9.17) is 12.2 Å². The molecule has 0 spiro atoms. The minimum absolute atomic E-state index is 0.0353. The number of nitrogens with one attached hydrogen (secondary N) is 1. The van der Waals surface area contributed by atoms with Crippen LogP contribution < -0.4 is 10.2 Å². The molecule has 2 atom stereocenters. The van der Waals surface area contributed by atoms with Crippen molar-refractivity contribution in [2.45, 2.75) is 21.9 Å². The molecule has 0 saturated carbocycles. The van der Waals surface area contributed by atoms with Gasteiger partial charge in [0.25, 0.3) is 5.69 Å². The van der Waals surface area contributed by atoms with Crippen LogP contribution in [-0.4, -0.2) is 15.0 Å². The number of anilines is 1. The third kappa shape index (κ3) is 4.72. The van der Waals surface area contributed by atoms with Crippen LogP contribution in [0.3, 0.4) is 0 Å². The summed E-state index contributed by atoms with van der Waals surface area (Å²) in [5, 5.41) is 17.1. The zero-order valence-electron chi connectivity index (χ0n) is 17.5. The number of pyridine rings is 1. The Morgan fingerprint density at radius 2 is 1.79 bits per heavy atom. The number of non-ortho nitro benzene ring substituents is 1. The molecule has 34 heavy (non-hydrogen) atoms. The maximum atomic E-state index is 10.9. The van der Waals surface area contributed by atoms with Crippen molar-refractivity contribution in [2.75, 3.05) is 4.90 Å². The maximum absolute atomic E-state index is 10.9. The Morgan fingerprint density at radius 1 is 1.09 bits per heavy atom. The van der Waals surface area contributed by atoms with Crippen molar-refractivity contribution in [3.05, 3.63) is 110 Å². The smallest absolute Gasteiger partial charge is 0.269 e. The Morgan fingerprint density at radius 3 is 2.38 bits per heavy atom. The summed E-state index contributed by atoms with van der Waals surface area (Å²) in [6.45, 7) is 0. The van der Waals surface area contributed by atoms with E-state index < -0.39 is 4.92 Å². The molecule has 0 radical (unpaired) electrons. The van der Waals surface area contributed by atoms with Gasteiger partial charge in [-0.2, -0.15) is 0 Å². The number of aromatic nitrogens is 1. The van der Waals surface area contributed by atoms with Crippen molar-refractivity contribution in [3.8, 4) is 0 Å². The summed E-state index contributed by atoms with van der Waals surface area (Å²) in [4.78, 5) is 20.4. The van der Waals surface area contributed by atoms with Crippen LogP contribution in [0, 0.1) is 10.1 Å². The number of benzene rings is 2. The molecule has 4 aromatic rings. The molecule has 0 aliphatic carbocycles. The zero-order chi connectivity index (χ0) is 23.7. The van der Waals surface area contributed by atoms with E-state index in [0.717, 1.165) is 25.6 Å². The molecule has 2 aromatic heterocycles. The first-order chi connectivity index (χ1) is 16.5. The zero-order valence-corrected chi connectivity index (χ0v) is 21.5. The van der Waals surface area contributed by atoms with E-state index in [2.05, 4.69) is 54.7 Å². The molecular formula is C24H17BrN4O2S3. The molecule has 3 heterocycles. The van der Waals surface area contributed by atoms with Gasteiger partial charge in [-0.05, 0) is 82.7 Å². The highest BCUT2D eigenvalue weighted by molar-refractivity contribution is 9.10. The van der Waals surface area contributed by atoms with Crippen molar-refractivity contribution in [1.82, 2.24) is 10.3 Å². The minimum Gasteiger partial charge on any atom is -0.351 e. The van der Waals surface area contributed by atoms with Crippen molar-refractivity contribution < 1.29 is 4.92 Å². The van der Waals surface area contributed by atoms with E-state index >= 15 is 0 Å². The monoisotopic (exact) mass is 568 g/mol. The summed E-state index contributed by atoms with van der Waals surface area (Å²) >= 11 is 12.6. The summed E-state index contributed by atoms with van der Waals surface area (Å²) in [6.07, 6.45) is 1.80. The molecule has 5 rings (SSSR count). The number of rotatable bonds is 6. The van der Waals surface area contributed by atoms with E-state index in [0.29, 0.717) is 5.11 Å². The Bertz CT molecular complexity index is 1330. The van der Waals surface area contributed by atoms with Crippen molar-refractivity contribution in [1.29, 1.82) is 0 Å². The Kier molecular flexibility index (Phi) is 6.64. The summed E-state index contributed by atoms with van der Waals surface area (Å²) in [7, 11) is 0. The molecule has 1 aliphatic rings. The second kappa shape index (κ2) is 9.83. The van der Waals surface area contributed by atoms with Crippen LogP contribution in [0.1, 0.15) is 22.7 Å². The molecule has 1 saturated heterocycles. The fourth-order valence-electron chi connectivity index (χ4n) is 3.85. The third-order valence-corrected chi connectivity index (χ3v) is 8.47. The lowest BCUT2D eigenvalue weighted by molar-refractivity contribution is -0.384. The van der Waals surface area contributed by atoms with Gasteiger partial charge in [-0.15, -0.1) is 11.3 Å². The summed E-state index contributed by atoms with van der Waals surface area (Å²) in [6, 6.07) is 22.7. The van der Waals surface area contributed by atoms with Crippen molar-refractivity contribution >= 4 is 67.7 Å². The first-order valence-electron chi connectivity index (χ1n) is 10.3. The molecule has 0 amide bonds. The highest BCUT2D eigenvalue weighted by Gasteiger charge is 2.41. The molecule has 1 N–H and O–H groups in total. The third-order valence-electron chi connectivity index (χ3n) is 5.38. The van der Waals surface area contributed by atoms with Crippen molar-refractivity contribution in [3.63, 3.8) is 0 Å². The lowest BCUT2D eigenvalue weighted by atomic mass is 10.0. The molecule has 0 bridgehead atoms. The fraction of sp³-hybridized carbons (Fsp3) is 0.0833. The Labute approximate surface area is 218 Å². The van der Waals surface area contributed by atoms with Gasteiger partial charge in [-0.1, -0.05) is 17.8 Å². The predicted octanol–water partition coefficient (Wildman–Crippen LogP) is 7.14. The van der Waals surface area contributed by atoms with Crippen molar-refractivity contribution in [2.24, 2.45) is 0 Å². The predicted molar refractivity (Wildman–Crippen MR) is 144 cm³/mol. The molecule has 1 aliphatic heterocycles. The highest BCUT2D eigenvalue weighted by Crippen LogP contribution is 2.44. The lowest BCUT2D eigenvalue weighted by Crippen LogP contribution is -2.29. The largest absolute Gasteiger partial charge is 0.351 e. The van der Waals surface area contributed by atoms with Gasteiger partial charge in [-0.25, -0.2) is 0 Å². The Balaban J connectivity index is 1.43. The molecule has 0 unspecified atom stereocenters. The average Bonchev–Trinajstić information content (AvgIpc) is 3.43. The number of nitrogens with zero attached hydrogens (tertiary/aromatic N) is 3. The van der Waals surface area contributed by atoms with E-state index in [1.54, 1.807) is 41.4 Å². The first-order valence-corrected chi connectivity index (χ1v) is 13.2. The minimum atomic E-state index is -0.392. The van der Waals surface area contributed by atoms with Gasteiger partial charge < -0.3 is 10.2 Å². The molecule has 170 valence electrons. The van der Waals surface area contributed by atoms with Gasteiger partial charge >= 0.3 is 0 Å². The number of nitro groups is 1. The topological polar surface area (TPSA) is 71.3 Å². The van der Waals surface area contributed by atoms with Gasteiger partial charge in [0.2, 0.25) is 0 Å². The molecule has 10 heteroatoms. The van der Waals surface area contributed by atoms with E-state index in [9.17, 15) is 10.1 Å². The second-order valence-electron chi connectivity index (χ2n) is 7.51. The first kappa shape index (κ1) is 23.0. The molecule has 6 nitrogen and oxygen atoms in total. The van der Waals surface area contributed by atoms with Gasteiger partial charge in [0.1, 0.15) is 0 Å². The maximum Gasteiger partial charge on any atom is 0.269 e. The number of thiophene rings is 1. The van der Waals surface area contributed by atoms with Crippen LogP contribution in [0.2, 0.25) is 0 Å². The number of thiocarbonyl (C=S) groups is 1. The normalized spacial score (nSPS) is 17.6. The Hall–Kier alpha value is -2.79. The van der Waals surface area contributed by atoms with E-state index in [-0.39, 0.29) is 17.8 Å². The second-order valence-corrected chi connectivity index (χ2v) is 10.9. The van der Waals surface area contributed by atoms with Gasteiger partial charge in [0.05, 0.1) is 22.7 Å². The summed E-state index contributed by atoms with van der Waals surface area (Å²) in [5.41, 5.74) is 2.01. The van der Waals surface area contributed by atoms with Crippen LogP contribution in [-0.2, 0) is 0 Å². The van der Waals surface area contributed by atoms with Crippen LogP contribution in [0.25, 0.3) is 0 Å². The number of nitro benzene ring substituents is 1. The number of halogens is 1. The van der Waals surface area contributed by atoms with Crippen LogP contribution in [0.15, 0.2) is 98.6 Å². The summed E-state index contributed by atoms with van der Waals surface area (Å²) < 4.78 is 1.04. The number of hydrogen-bond acceptors (Lipinski definition) is 6. The molecular weight excluding hydrogens is 552 g/mol. The molecule has 1 fully saturated rings. The van der Waals surface area contributed by atoms with E-state index in [1.165, 1.54) is 17.0 Å². The van der Waals surface area contributed by atoms with Crippen LogP contribution >= 0.6 is 51.2 Å². The summed E-state index contributed by atoms with van der Waals surface area (Å²) in [5.74, 6) is 0. The van der Waals surface area contributed by atoms with Crippen LogP contribution in [0.5, 0.6) is 0 Å². The quantitative estimate of drug-likeness (QED) is 0.150. The lowest BCUT2D eigenvalue weighted by Gasteiger charge is -2.27. The van der Waals surface area contributed by atoms with Crippen LogP contribution in [0.4, 0.5) is 11.4 Å². The van der Waals surface area contributed by atoms with Gasteiger partial charge in [0, 0.05) is 48.5 Å². The standard InChI is InChI=1S/C24H17BrN4O2S3/c25-15-13-21(33-14-15)23-22(20-3-1-2-12-26-20)27-24(32)28(23)16-4-8-18(9-5-16)34-19-10-6-17(7-11-19)29(30)31/h1-14,22-23H,(H,27,32)/t22-,23+/m1/s1. The van der Waals surface area contributed by atoms with E-state index in [1.807, 2.05) is 30.3 Å². The van der Waals surface area contributed by atoms with Gasteiger partial charge in [0.15, 0.2) is 5.11 Å².